The molecule has 2 rings (SSSR count). The van der Waals surface area contributed by atoms with E-state index in [0.717, 1.165) is 37.9 Å². The molecule has 24 heavy (non-hydrogen) atoms. The molecular weight excluding hydrogens is 431 g/mol. The van der Waals surface area contributed by atoms with Crippen molar-refractivity contribution >= 4 is 41.7 Å². The number of benzene rings is 1. The molecule has 0 amide bonds. The quantitative estimate of drug-likeness (QED) is 0.283. The minimum absolute atomic E-state index is 0. The molecule has 2 atom stereocenters. The van der Waals surface area contributed by atoms with Crippen LogP contribution in [-0.4, -0.2) is 54.6 Å². The van der Waals surface area contributed by atoms with Gasteiger partial charge in [-0.1, -0.05) is 30.3 Å². The Morgan fingerprint density at radius 1 is 1.33 bits per heavy atom. The maximum absolute atomic E-state index is 4.66. The van der Waals surface area contributed by atoms with E-state index in [1.807, 2.05) is 11.8 Å². The van der Waals surface area contributed by atoms with Crippen molar-refractivity contribution in [2.24, 2.45) is 4.99 Å². The molecule has 2 unspecified atom stereocenters. The van der Waals surface area contributed by atoms with Gasteiger partial charge in [0.15, 0.2) is 5.96 Å². The molecule has 1 aliphatic heterocycles. The van der Waals surface area contributed by atoms with Crippen LogP contribution < -0.4 is 10.6 Å². The molecule has 6 heteroatoms. The first-order valence-corrected chi connectivity index (χ1v) is 9.94. The molecule has 0 bridgehead atoms. The Morgan fingerprint density at radius 3 is 2.75 bits per heavy atom. The van der Waals surface area contributed by atoms with Crippen LogP contribution in [0.3, 0.4) is 0 Å². The van der Waals surface area contributed by atoms with E-state index in [2.05, 4.69) is 71.0 Å². The largest absolute Gasteiger partial charge is 0.357 e. The van der Waals surface area contributed by atoms with Crippen molar-refractivity contribution in [1.82, 2.24) is 15.5 Å². The molecule has 1 heterocycles. The lowest BCUT2D eigenvalue weighted by atomic mass is 10.2. The van der Waals surface area contributed by atoms with Gasteiger partial charge in [0.05, 0.1) is 6.54 Å². The van der Waals surface area contributed by atoms with E-state index in [4.69, 9.17) is 0 Å². The monoisotopic (exact) mass is 462 g/mol. The average Bonchev–Trinajstić information content (AvgIpc) is 2.88. The number of nitrogens with one attached hydrogen (secondary N) is 2. The maximum atomic E-state index is 4.66. The van der Waals surface area contributed by atoms with Gasteiger partial charge in [-0.15, -0.1) is 24.0 Å². The Labute approximate surface area is 168 Å². The zero-order chi connectivity index (χ0) is 16.5. The Hall–Kier alpha value is -0.470. The van der Waals surface area contributed by atoms with Gasteiger partial charge in [0.25, 0.3) is 0 Å². The molecule has 0 aromatic heterocycles. The molecule has 1 aromatic rings. The van der Waals surface area contributed by atoms with Gasteiger partial charge in [0.2, 0.25) is 0 Å². The third-order valence-corrected chi connectivity index (χ3v) is 4.77. The highest BCUT2D eigenvalue weighted by atomic mass is 127. The van der Waals surface area contributed by atoms with E-state index < -0.39 is 0 Å². The van der Waals surface area contributed by atoms with Gasteiger partial charge in [-0.05, 0) is 32.1 Å². The van der Waals surface area contributed by atoms with E-state index in [0.29, 0.717) is 12.1 Å². The maximum Gasteiger partial charge on any atom is 0.191 e. The highest BCUT2D eigenvalue weighted by Crippen LogP contribution is 2.20. The van der Waals surface area contributed by atoms with Crippen molar-refractivity contribution in [3.63, 3.8) is 0 Å². The fraction of sp³-hybridized carbons (Fsp3) is 0.611. The fourth-order valence-corrected chi connectivity index (χ4v) is 3.28. The number of nitrogens with zero attached hydrogens (tertiary/aromatic N) is 2. The van der Waals surface area contributed by atoms with Crippen LogP contribution in [0.1, 0.15) is 25.8 Å². The zero-order valence-corrected chi connectivity index (χ0v) is 18.1. The molecule has 1 saturated heterocycles. The van der Waals surface area contributed by atoms with Crippen molar-refractivity contribution in [3.8, 4) is 0 Å². The van der Waals surface area contributed by atoms with Crippen LogP contribution in [0.25, 0.3) is 0 Å². The Bertz CT molecular complexity index is 483. The molecule has 1 aliphatic rings. The van der Waals surface area contributed by atoms with Gasteiger partial charge in [0, 0.05) is 37.5 Å². The number of halogens is 1. The summed E-state index contributed by atoms with van der Waals surface area (Å²) in [6.45, 7) is 8.31. The summed E-state index contributed by atoms with van der Waals surface area (Å²) in [5.74, 6) is 2.03. The summed E-state index contributed by atoms with van der Waals surface area (Å²) in [4.78, 5) is 7.21. The minimum Gasteiger partial charge on any atom is -0.357 e. The molecule has 2 N–H and O–H groups in total. The first kappa shape index (κ1) is 21.6. The van der Waals surface area contributed by atoms with Gasteiger partial charge in [-0.2, -0.15) is 11.8 Å². The van der Waals surface area contributed by atoms with Crippen LogP contribution in [0.15, 0.2) is 35.3 Å². The van der Waals surface area contributed by atoms with Gasteiger partial charge in [-0.3, -0.25) is 9.89 Å². The molecule has 4 nitrogen and oxygen atoms in total. The van der Waals surface area contributed by atoms with E-state index in [9.17, 15) is 0 Å². The second-order valence-corrected chi connectivity index (χ2v) is 7.08. The van der Waals surface area contributed by atoms with Crippen LogP contribution in [-0.2, 0) is 6.54 Å². The van der Waals surface area contributed by atoms with Crippen LogP contribution >= 0.6 is 35.7 Å². The van der Waals surface area contributed by atoms with Crippen molar-refractivity contribution < 1.29 is 0 Å². The molecule has 136 valence electrons. The van der Waals surface area contributed by atoms with Crippen LogP contribution in [0, 0.1) is 0 Å². The second kappa shape index (κ2) is 12.0. The van der Waals surface area contributed by atoms with Gasteiger partial charge >= 0.3 is 0 Å². The standard InChI is InChI=1S/C18H30N4S.HI/c1-4-19-18(20-10-11-23-3)21-17-12-15(2)22(14-17)13-16-8-6-5-7-9-16;/h5-9,15,17H,4,10-14H2,1-3H3,(H2,19,20,21);1H. The molecule has 0 radical (unpaired) electrons. The van der Waals surface area contributed by atoms with Crippen LogP contribution in [0.2, 0.25) is 0 Å². The summed E-state index contributed by atoms with van der Waals surface area (Å²) >= 11 is 1.84. The Balaban J connectivity index is 0.00000288. The van der Waals surface area contributed by atoms with Crippen LogP contribution in [0.4, 0.5) is 0 Å². The summed E-state index contributed by atoms with van der Waals surface area (Å²) in [6.07, 6.45) is 3.29. The summed E-state index contributed by atoms with van der Waals surface area (Å²) in [5, 5.41) is 6.97. The molecule has 1 fully saturated rings. The third kappa shape index (κ3) is 7.19. The Morgan fingerprint density at radius 2 is 2.08 bits per heavy atom. The predicted molar refractivity (Wildman–Crippen MR) is 118 cm³/mol. The van der Waals surface area contributed by atoms with Crippen molar-refractivity contribution in [2.45, 2.75) is 38.9 Å². The SMILES string of the molecule is CCNC(=NCCSC)NC1CC(C)N(Cc2ccccc2)C1.I. The van der Waals surface area contributed by atoms with E-state index in [1.165, 1.54) is 12.0 Å². The minimum atomic E-state index is 0. The average molecular weight is 462 g/mol. The van der Waals surface area contributed by atoms with E-state index in [1.54, 1.807) is 0 Å². The number of guanidine groups is 1. The molecule has 1 aromatic carbocycles. The number of hydrogen-bond donors (Lipinski definition) is 2. The van der Waals surface area contributed by atoms with Crippen LogP contribution in [0.5, 0.6) is 0 Å². The smallest absolute Gasteiger partial charge is 0.191 e. The highest BCUT2D eigenvalue weighted by Gasteiger charge is 2.29. The highest BCUT2D eigenvalue weighted by molar-refractivity contribution is 14.0. The summed E-state index contributed by atoms with van der Waals surface area (Å²) in [6, 6.07) is 11.8. The molecule has 0 spiro atoms. The first-order valence-electron chi connectivity index (χ1n) is 8.54. The number of hydrogen-bond acceptors (Lipinski definition) is 3. The zero-order valence-electron chi connectivity index (χ0n) is 15.0. The van der Waals surface area contributed by atoms with Crippen molar-refractivity contribution in [3.05, 3.63) is 35.9 Å². The molecule has 0 aliphatic carbocycles. The lowest BCUT2D eigenvalue weighted by Crippen LogP contribution is -2.44. The Kier molecular flexibility index (Phi) is 10.8. The topological polar surface area (TPSA) is 39.7 Å². The van der Waals surface area contributed by atoms with Crippen molar-refractivity contribution in [2.75, 3.05) is 31.6 Å². The predicted octanol–water partition coefficient (Wildman–Crippen LogP) is 3.19. The molecular formula is C18H31IN4S. The van der Waals surface area contributed by atoms with Crippen molar-refractivity contribution in [1.29, 1.82) is 0 Å². The van der Waals surface area contributed by atoms with Gasteiger partial charge < -0.3 is 10.6 Å². The second-order valence-electron chi connectivity index (χ2n) is 6.09. The summed E-state index contributed by atoms with van der Waals surface area (Å²) < 4.78 is 0. The first-order chi connectivity index (χ1) is 11.2. The number of aliphatic imine (C=N–C) groups is 1. The molecule has 0 saturated carbocycles. The van der Waals surface area contributed by atoms with E-state index >= 15 is 0 Å². The lowest BCUT2D eigenvalue weighted by Gasteiger charge is -2.21. The van der Waals surface area contributed by atoms with Gasteiger partial charge in [0.1, 0.15) is 0 Å². The third-order valence-electron chi connectivity index (χ3n) is 4.18. The lowest BCUT2D eigenvalue weighted by molar-refractivity contribution is 0.258. The van der Waals surface area contributed by atoms with E-state index in [-0.39, 0.29) is 24.0 Å². The summed E-state index contributed by atoms with van der Waals surface area (Å²) in [7, 11) is 0. The number of rotatable bonds is 7. The fourth-order valence-electron chi connectivity index (χ4n) is 3.00. The number of likely N-dealkylation sites (tertiary alicyclic amines) is 1. The normalized spacial score (nSPS) is 21.4. The number of thioether (sulfide) groups is 1. The van der Waals surface area contributed by atoms with Gasteiger partial charge in [-0.25, -0.2) is 0 Å². The summed E-state index contributed by atoms with van der Waals surface area (Å²) in [5.41, 5.74) is 1.39.